The quantitative estimate of drug-likeness (QED) is 0.773. The third-order valence-corrected chi connectivity index (χ3v) is 6.08. The van der Waals surface area contributed by atoms with Gasteiger partial charge in [-0.1, -0.05) is 6.07 Å². The van der Waals surface area contributed by atoms with Gasteiger partial charge < -0.3 is 19.3 Å². The number of halogens is 1. The Labute approximate surface area is 175 Å². The zero-order valence-electron chi connectivity index (χ0n) is 17.4. The minimum absolute atomic E-state index is 0.0740. The van der Waals surface area contributed by atoms with Gasteiger partial charge in [0.25, 0.3) is 0 Å². The van der Waals surface area contributed by atoms with Crippen molar-refractivity contribution in [2.75, 3.05) is 32.2 Å². The third kappa shape index (κ3) is 3.49. The lowest BCUT2D eigenvalue weighted by Gasteiger charge is -2.36. The molecule has 1 fully saturated rings. The fourth-order valence-electron chi connectivity index (χ4n) is 4.43. The molecule has 0 saturated carbocycles. The summed E-state index contributed by atoms with van der Waals surface area (Å²) >= 11 is 0. The summed E-state index contributed by atoms with van der Waals surface area (Å²) in [5.74, 6) is 0.198. The van der Waals surface area contributed by atoms with Crippen LogP contribution in [0, 0.1) is 11.7 Å². The molecule has 0 spiro atoms. The standard InChI is InChI=1S/C23H25FN2O4/c1-14-19-11-17(24)5-4-15(19)8-9-25(14)23(28)16-10-22(27)26(13-16)20-12-18(29-2)6-7-21(20)30-3/h4-7,11-12,14,16H,8-10,13H2,1-3H3. The minimum atomic E-state index is -0.453. The van der Waals surface area contributed by atoms with Crippen molar-refractivity contribution < 1.29 is 23.5 Å². The first kappa shape index (κ1) is 20.2. The molecule has 2 amide bonds. The van der Waals surface area contributed by atoms with E-state index in [0.29, 0.717) is 30.2 Å². The van der Waals surface area contributed by atoms with Crippen LogP contribution in [0.5, 0.6) is 11.5 Å². The molecule has 30 heavy (non-hydrogen) atoms. The molecule has 4 rings (SSSR count). The number of ether oxygens (including phenoxy) is 2. The number of hydrogen-bond donors (Lipinski definition) is 0. The van der Waals surface area contributed by atoms with Gasteiger partial charge in [0.05, 0.1) is 31.9 Å². The molecule has 2 aliphatic heterocycles. The van der Waals surface area contributed by atoms with Gasteiger partial charge in [-0.2, -0.15) is 0 Å². The van der Waals surface area contributed by atoms with Gasteiger partial charge in [-0.25, -0.2) is 4.39 Å². The first-order valence-corrected chi connectivity index (χ1v) is 10.0. The molecule has 0 radical (unpaired) electrons. The van der Waals surface area contributed by atoms with Gasteiger partial charge in [0, 0.05) is 25.6 Å². The molecule has 1 saturated heterocycles. The van der Waals surface area contributed by atoms with Crippen LogP contribution in [0.1, 0.15) is 30.5 Å². The van der Waals surface area contributed by atoms with Crippen LogP contribution in [-0.4, -0.2) is 44.0 Å². The molecule has 2 aromatic carbocycles. The van der Waals surface area contributed by atoms with Crippen LogP contribution < -0.4 is 14.4 Å². The highest BCUT2D eigenvalue weighted by molar-refractivity contribution is 6.01. The first-order valence-electron chi connectivity index (χ1n) is 10.0. The van der Waals surface area contributed by atoms with Gasteiger partial charge in [-0.05, 0) is 48.7 Å². The van der Waals surface area contributed by atoms with Crippen LogP contribution in [0.25, 0.3) is 0 Å². The van der Waals surface area contributed by atoms with Crippen LogP contribution >= 0.6 is 0 Å². The van der Waals surface area contributed by atoms with Crippen LogP contribution in [0.3, 0.4) is 0 Å². The number of anilines is 1. The number of methoxy groups -OCH3 is 2. The van der Waals surface area contributed by atoms with Gasteiger partial charge >= 0.3 is 0 Å². The van der Waals surface area contributed by atoms with Gasteiger partial charge in [0.2, 0.25) is 11.8 Å². The van der Waals surface area contributed by atoms with Crippen molar-refractivity contribution in [3.05, 3.63) is 53.3 Å². The fraction of sp³-hybridized carbons (Fsp3) is 0.391. The topological polar surface area (TPSA) is 59.1 Å². The van der Waals surface area contributed by atoms with E-state index in [1.807, 2.05) is 6.92 Å². The molecular weight excluding hydrogens is 387 g/mol. The van der Waals surface area contributed by atoms with E-state index in [0.717, 1.165) is 11.1 Å². The second-order valence-corrected chi connectivity index (χ2v) is 7.74. The summed E-state index contributed by atoms with van der Waals surface area (Å²) in [6.45, 7) is 2.75. The maximum absolute atomic E-state index is 13.7. The highest BCUT2D eigenvalue weighted by Gasteiger charge is 2.40. The first-order chi connectivity index (χ1) is 14.4. The molecule has 2 aliphatic rings. The molecule has 6 nitrogen and oxygen atoms in total. The van der Waals surface area contributed by atoms with E-state index in [1.165, 1.54) is 12.1 Å². The normalized spacial score (nSPS) is 20.9. The Hall–Kier alpha value is -3.09. The summed E-state index contributed by atoms with van der Waals surface area (Å²) in [6.07, 6.45) is 0.818. The Morgan fingerprint density at radius 1 is 1.13 bits per heavy atom. The Kier molecular flexibility index (Phi) is 5.37. The Morgan fingerprint density at radius 2 is 1.93 bits per heavy atom. The maximum atomic E-state index is 13.7. The molecule has 2 heterocycles. The molecular formula is C23H25FN2O4. The summed E-state index contributed by atoms with van der Waals surface area (Å²) in [6, 6.07) is 9.77. The monoisotopic (exact) mass is 412 g/mol. The molecule has 2 atom stereocenters. The lowest BCUT2D eigenvalue weighted by molar-refractivity contribution is -0.138. The largest absolute Gasteiger partial charge is 0.497 e. The number of rotatable bonds is 4. The van der Waals surface area contributed by atoms with E-state index in [2.05, 4.69) is 0 Å². The molecule has 158 valence electrons. The summed E-state index contributed by atoms with van der Waals surface area (Å²) < 4.78 is 24.4. The SMILES string of the molecule is COc1ccc(OC)c(N2CC(C(=O)N3CCc4ccc(F)cc4C3C)CC2=O)c1. The number of nitrogens with zero attached hydrogens (tertiary/aromatic N) is 2. The molecule has 0 aliphatic carbocycles. The smallest absolute Gasteiger partial charge is 0.228 e. The van der Waals surface area contributed by atoms with Crippen molar-refractivity contribution in [2.24, 2.45) is 5.92 Å². The number of fused-ring (bicyclic) bond motifs is 1. The van der Waals surface area contributed by atoms with Gasteiger partial charge in [0.1, 0.15) is 17.3 Å². The van der Waals surface area contributed by atoms with Crippen molar-refractivity contribution in [3.8, 4) is 11.5 Å². The van der Waals surface area contributed by atoms with E-state index in [4.69, 9.17) is 9.47 Å². The number of benzene rings is 2. The van der Waals surface area contributed by atoms with E-state index < -0.39 is 5.92 Å². The van der Waals surface area contributed by atoms with Crippen molar-refractivity contribution in [3.63, 3.8) is 0 Å². The van der Waals surface area contributed by atoms with Gasteiger partial charge in [-0.15, -0.1) is 0 Å². The highest BCUT2D eigenvalue weighted by Crippen LogP contribution is 2.38. The summed E-state index contributed by atoms with van der Waals surface area (Å²) in [5, 5.41) is 0. The van der Waals surface area contributed by atoms with Crippen LogP contribution in [0.4, 0.5) is 10.1 Å². The molecule has 0 bridgehead atoms. The van der Waals surface area contributed by atoms with Crippen molar-refractivity contribution in [1.82, 2.24) is 4.90 Å². The van der Waals surface area contributed by atoms with E-state index in [1.54, 1.807) is 48.3 Å². The molecule has 0 aromatic heterocycles. The van der Waals surface area contributed by atoms with Crippen LogP contribution in [0.15, 0.2) is 36.4 Å². The Bertz CT molecular complexity index is 993. The van der Waals surface area contributed by atoms with Gasteiger partial charge in [0.15, 0.2) is 0 Å². The van der Waals surface area contributed by atoms with Crippen molar-refractivity contribution in [1.29, 1.82) is 0 Å². The predicted molar refractivity (Wildman–Crippen MR) is 110 cm³/mol. The number of carbonyl (C=O) groups is 2. The van der Waals surface area contributed by atoms with E-state index in [9.17, 15) is 14.0 Å². The Morgan fingerprint density at radius 3 is 2.67 bits per heavy atom. The predicted octanol–water partition coefficient (Wildman–Crippen LogP) is 3.34. The second-order valence-electron chi connectivity index (χ2n) is 7.74. The number of amides is 2. The average molecular weight is 412 g/mol. The zero-order valence-corrected chi connectivity index (χ0v) is 17.4. The molecule has 0 N–H and O–H groups in total. The average Bonchev–Trinajstić information content (AvgIpc) is 3.15. The molecule has 7 heteroatoms. The number of carbonyl (C=O) groups excluding carboxylic acids is 2. The maximum Gasteiger partial charge on any atom is 0.228 e. The third-order valence-electron chi connectivity index (χ3n) is 6.08. The lowest BCUT2D eigenvalue weighted by Crippen LogP contribution is -2.43. The van der Waals surface area contributed by atoms with Crippen molar-refractivity contribution in [2.45, 2.75) is 25.8 Å². The summed E-state index contributed by atoms with van der Waals surface area (Å²) in [4.78, 5) is 29.4. The molecule has 2 unspecified atom stereocenters. The van der Waals surface area contributed by atoms with Gasteiger partial charge in [-0.3, -0.25) is 9.59 Å². The van der Waals surface area contributed by atoms with E-state index in [-0.39, 0.29) is 36.6 Å². The lowest BCUT2D eigenvalue weighted by atomic mass is 9.92. The second kappa shape index (κ2) is 7.97. The van der Waals surface area contributed by atoms with Crippen LogP contribution in [0.2, 0.25) is 0 Å². The fourth-order valence-corrected chi connectivity index (χ4v) is 4.43. The summed E-state index contributed by atoms with van der Waals surface area (Å²) in [7, 11) is 3.10. The molecule has 2 aromatic rings. The van der Waals surface area contributed by atoms with Crippen LogP contribution in [-0.2, 0) is 16.0 Å². The zero-order chi connectivity index (χ0) is 21.4. The summed E-state index contributed by atoms with van der Waals surface area (Å²) in [5.41, 5.74) is 2.50. The minimum Gasteiger partial charge on any atom is -0.497 e. The Balaban J connectivity index is 1.55. The highest BCUT2D eigenvalue weighted by atomic mass is 19.1. The van der Waals surface area contributed by atoms with Crippen molar-refractivity contribution >= 4 is 17.5 Å². The number of hydrogen-bond acceptors (Lipinski definition) is 4. The van der Waals surface area contributed by atoms with E-state index >= 15 is 0 Å².